The molecule has 2 aliphatic rings. The van der Waals surface area contributed by atoms with Gasteiger partial charge in [-0.2, -0.15) is 0 Å². The number of hydrogen-bond acceptors (Lipinski definition) is 3. The van der Waals surface area contributed by atoms with Crippen LogP contribution in [0.1, 0.15) is 19.3 Å². The summed E-state index contributed by atoms with van der Waals surface area (Å²) in [5.41, 5.74) is 2.16. The second-order valence-electron chi connectivity index (χ2n) is 5.23. The minimum absolute atomic E-state index is 0.230. The molecule has 1 aromatic carbocycles. The summed E-state index contributed by atoms with van der Waals surface area (Å²) in [5, 5.41) is 3.48. The van der Waals surface area contributed by atoms with Gasteiger partial charge in [0.05, 0.1) is 17.4 Å². The topological polar surface area (TPSA) is 27.6 Å². The fraction of sp³-hybridized carbons (Fsp3) is 0.438. The highest BCUT2D eigenvalue weighted by molar-refractivity contribution is 5.84. The maximum Gasteiger partial charge on any atom is 0.0858 e. The molecule has 0 bridgehead atoms. The maximum absolute atomic E-state index is 4.48. The summed E-state index contributed by atoms with van der Waals surface area (Å²) in [4.78, 5) is 7.03. The summed E-state index contributed by atoms with van der Waals surface area (Å²) >= 11 is 0. The summed E-state index contributed by atoms with van der Waals surface area (Å²) in [6.45, 7) is 3.76. The Bertz CT molecular complexity index is 473. The third kappa shape index (κ3) is 3.24. The molecule has 2 aliphatic heterocycles. The Morgan fingerprint density at radius 2 is 2.11 bits per heavy atom. The Kier molecular flexibility index (Phi) is 3.94. The molecule has 0 radical (unpaired) electrons. The predicted molar refractivity (Wildman–Crippen MR) is 81.4 cm³/mol. The number of para-hydroxylation sites is 2. The van der Waals surface area contributed by atoms with Crippen LogP contribution < -0.4 is 5.32 Å². The number of fused-ring (bicyclic) bond motifs is 1. The van der Waals surface area contributed by atoms with E-state index < -0.39 is 0 Å². The molecule has 0 spiro atoms. The standard InChI is InChI=1S/C16H21N3/c1-2-9-16-15(8-1)17-13-14(18-16)7-3-4-10-19-11-5-6-12-19/h1-3,7-9,13-14,18H,4-6,10-12H2. The summed E-state index contributed by atoms with van der Waals surface area (Å²) < 4.78 is 0. The lowest BCUT2D eigenvalue weighted by Gasteiger charge is -2.18. The molecule has 3 heteroatoms. The quantitative estimate of drug-likeness (QED) is 0.836. The van der Waals surface area contributed by atoms with Crippen LogP contribution in [-0.2, 0) is 0 Å². The second-order valence-corrected chi connectivity index (χ2v) is 5.23. The smallest absolute Gasteiger partial charge is 0.0858 e. The summed E-state index contributed by atoms with van der Waals surface area (Å²) in [5.74, 6) is 0. The van der Waals surface area contributed by atoms with Crippen LogP contribution in [0, 0.1) is 0 Å². The molecular weight excluding hydrogens is 234 g/mol. The van der Waals surface area contributed by atoms with Gasteiger partial charge in [0, 0.05) is 12.8 Å². The zero-order chi connectivity index (χ0) is 12.9. The Labute approximate surface area is 115 Å². The third-order valence-electron chi connectivity index (χ3n) is 3.75. The number of likely N-dealkylation sites (tertiary alicyclic amines) is 1. The largest absolute Gasteiger partial charge is 0.372 e. The van der Waals surface area contributed by atoms with Crippen LogP contribution in [0.5, 0.6) is 0 Å². The van der Waals surface area contributed by atoms with Crippen LogP contribution in [0.25, 0.3) is 0 Å². The van der Waals surface area contributed by atoms with Crippen molar-refractivity contribution in [3.63, 3.8) is 0 Å². The van der Waals surface area contributed by atoms with E-state index in [2.05, 4.69) is 33.4 Å². The fourth-order valence-electron chi connectivity index (χ4n) is 2.69. The van der Waals surface area contributed by atoms with Crippen molar-refractivity contribution in [1.82, 2.24) is 4.90 Å². The molecule has 1 fully saturated rings. The molecule has 2 heterocycles. The Hall–Kier alpha value is -1.61. The van der Waals surface area contributed by atoms with Gasteiger partial charge in [-0.1, -0.05) is 24.3 Å². The lowest BCUT2D eigenvalue weighted by atomic mass is 10.2. The molecular formula is C16H21N3. The monoisotopic (exact) mass is 255 g/mol. The zero-order valence-corrected chi connectivity index (χ0v) is 11.3. The van der Waals surface area contributed by atoms with Gasteiger partial charge >= 0.3 is 0 Å². The van der Waals surface area contributed by atoms with Gasteiger partial charge in [-0.25, -0.2) is 0 Å². The van der Waals surface area contributed by atoms with Gasteiger partial charge in [-0.15, -0.1) is 0 Å². The van der Waals surface area contributed by atoms with Gasteiger partial charge in [0.2, 0.25) is 0 Å². The Morgan fingerprint density at radius 3 is 3.00 bits per heavy atom. The molecule has 0 amide bonds. The van der Waals surface area contributed by atoms with E-state index in [0.29, 0.717) is 0 Å². The van der Waals surface area contributed by atoms with Crippen LogP contribution in [0.3, 0.4) is 0 Å². The number of benzene rings is 1. The molecule has 1 unspecified atom stereocenters. The number of nitrogens with one attached hydrogen (secondary N) is 1. The molecule has 0 aliphatic carbocycles. The maximum atomic E-state index is 4.48. The minimum Gasteiger partial charge on any atom is -0.372 e. The molecule has 1 atom stereocenters. The molecule has 3 nitrogen and oxygen atoms in total. The summed E-state index contributed by atoms with van der Waals surface area (Å²) in [6, 6.07) is 8.40. The van der Waals surface area contributed by atoms with Gasteiger partial charge in [-0.05, 0) is 44.5 Å². The van der Waals surface area contributed by atoms with Gasteiger partial charge in [0.1, 0.15) is 0 Å². The minimum atomic E-state index is 0.230. The number of hydrogen-bond donors (Lipinski definition) is 1. The molecule has 100 valence electrons. The first-order valence-corrected chi connectivity index (χ1v) is 7.20. The highest BCUT2D eigenvalue weighted by atomic mass is 15.1. The Balaban J connectivity index is 1.49. The average Bonchev–Trinajstić information content (AvgIpc) is 2.97. The van der Waals surface area contributed by atoms with Crippen LogP contribution in [0.4, 0.5) is 11.4 Å². The SMILES string of the molecule is C(=CC1C=Nc2ccccc2N1)CCN1CCCC1. The van der Waals surface area contributed by atoms with E-state index in [4.69, 9.17) is 0 Å². The normalized spacial score (nSPS) is 22.6. The van der Waals surface area contributed by atoms with Crippen LogP contribution in [0.2, 0.25) is 0 Å². The lowest BCUT2D eigenvalue weighted by Crippen LogP contribution is -2.22. The summed E-state index contributed by atoms with van der Waals surface area (Å²) in [7, 11) is 0. The molecule has 19 heavy (non-hydrogen) atoms. The molecule has 1 aromatic rings. The van der Waals surface area contributed by atoms with Crippen molar-refractivity contribution in [2.24, 2.45) is 4.99 Å². The highest BCUT2D eigenvalue weighted by Crippen LogP contribution is 2.27. The predicted octanol–water partition coefficient (Wildman–Crippen LogP) is 3.23. The second kappa shape index (κ2) is 6.02. The fourth-order valence-corrected chi connectivity index (χ4v) is 2.69. The van der Waals surface area contributed by atoms with E-state index >= 15 is 0 Å². The number of nitrogens with zero attached hydrogens (tertiary/aromatic N) is 2. The van der Waals surface area contributed by atoms with E-state index in [1.807, 2.05) is 24.4 Å². The van der Waals surface area contributed by atoms with Crippen molar-refractivity contribution in [2.75, 3.05) is 25.0 Å². The van der Waals surface area contributed by atoms with Crippen molar-refractivity contribution in [3.8, 4) is 0 Å². The molecule has 1 N–H and O–H groups in total. The number of rotatable bonds is 4. The van der Waals surface area contributed by atoms with Crippen LogP contribution >= 0.6 is 0 Å². The van der Waals surface area contributed by atoms with Gasteiger partial charge in [-0.3, -0.25) is 4.99 Å². The average molecular weight is 255 g/mol. The first-order valence-electron chi connectivity index (χ1n) is 7.20. The van der Waals surface area contributed by atoms with E-state index in [1.54, 1.807) is 0 Å². The molecule has 0 aromatic heterocycles. The van der Waals surface area contributed by atoms with E-state index in [1.165, 1.54) is 32.5 Å². The molecule has 1 saturated heterocycles. The van der Waals surface area contributed by atoms with Crippen molar-refractivity contribution < 1.29 is 0 Å². The van der Waals surface area contributed by atoms with E-state index in [0.717, 1.165) is 17.8 Å². The van der Waals surface area contributed by atoms with Crippen molar-refractivity contribution in [3.05, 3.63) is 36.4 Å². The summed E-state index contributed by atoms with van der Waals surface area (Å²) in [6.07, 6.45) is 10.3. The number of anilines is 1. The highest BCUT2D eigenvalue weighted by Gasteiger charge is 2.11. The van der Waals surface area contributed by atoms with Gasteiger partial charge < -0.3 is 10.2 Å². The van der Waals surface area contributed by atoms with Crippen molar-refractivity contribution >= 4 is 17.6 Å². The molecule has 0 saturated carbocycles. The van der Waals surface area contributed by atoms with Gasteiger partial charge in [0.25, 0.3) is 0 Å². The number of aliphatic imine (C=N–C) groups is 1. The third-order valence-corrected chi connectivity index (χ3v) is 3.75. The first-order chi connectivity index (χ1) is 9.42. The van der Waals surface area contributed by atoms with E-state index in [9.17, 15) is 0 Å². The van der Waals surface area contributed by atoms with Crippen molar-refractivity contribution in [2.45, 2.75) is 25.3 Å². The van der Waals surface area contributed by atoms with Crippen LogP contribution in [0.15, 0.2) is 41.4 Å². The van der Waals surface area contributed by atoms with Gasteiger partial charge in [0.15, 0.2) is 0 Å². The van der Waals surface area contributed by atoms with E-state index in [-0.39, 0.29) is 6.04 Å². The first kappa shape index (κ1) is 12.4. The van der Waals surface area contributed by atoms with Crippen LogP contribution in [-0.4, -0.2) is 36.8 Å². The Morgan fingerprint density at radius 1 is 1.26 bits per heavy atom. The van der Waals surface area contributed by atoms with Crippen molar-refractivity contribution in [1.29, 1.82) is 0 Å². The zero-order valence-electron chi connectivity index (χ0n) is 11.3. The molecule has 3 rings (SSSR count). The lowest BCUT2D eigenvalue weighted by molar-refractivity contribution is 0.346.